The summed E-state index contributed by atoms with van der Waals surface area (Å²) >= 11 is 0. The normalized spacial score (nSPS) is 19.3. The Kier molecular flexibility index (Phi) is 39.9. The van der Waals surface area contributed by atoms with Crippen molar-refractivity contribution in [3.8, 4) is 0 Å². The zero-order chi connectivity index (χ0) is 48.4. The van der Waals surface area contributed by atoms with Crippen LogP contribution in [0.1, 0.15) is 226 Å². The second-order valence-corrected chi connectivity index (χ2v) is 19.8. The Hall–Kier alpha value is -2.35. The van der Waals surface area contributed by atoms with Crippen molar-refractivity contribution in [3.63, 3.8) is 0 Å². The maximum Gasteiger partial charge on any atom is 0.306 e. The van der Waals surface area contributed by atoms with Crippen LogP contribution in [0.4, 0.5) is 0 Å². The van der Waals surface area contributed by atoms with Gasteiger partial charge < -0.3 is 34.3 Å². The number of allylic oxidation sites excluding steroid dienone is 5. The van der Waals surface area contributed by atoms with Crippen molar-refractivity contribution in [2.24, 2.45) is 0 Å². The van der Waals surface area contributed by atoms with Crippen molar-refractivity contribution < 1.29 is 56.8 Å². The number of ether oxygens (including phenoxy) is 4. The average Bonchev–Trinajstić information content (AvgIpc) is 3.28. The number of carbonyl (C=O) groups excluding carboxylic acids is 2. The van der Waals surface area contributed by atoms with Crippen LogP contribution in [0.15, 0.2) is 42.2 Å². The molecule has 0 aromatic heterocycles. The number of hydrogen-bond acceptors (Lipinski definition) is 11. The third kappa shape index (κ3) is 36.7. The van der Waals surface area contributed by atoms with Gasteiger partial charge >= 0.3 is 11.9 Å². The predicted octanol–water partition coefficient (Wildman–Crippen LogP) is 11.9. The van der Waals surface area contributed by atoms with Crippen LogP contribution in [0.5, 0.6) is 0 Å². The van der Waals surface area contributed by atoms with Gasteiger partial charge in [0.05, 0.1) is 6.61 Å². The molecule has 1 saturated heterocycles. The fourth-order valence-corrected chi connectivity index (χ4v) is 8.54. The van der Waals surface area contributed by atoms with Gasteiger partial charge in [-0.3, -0.25) is 14.1 Å². The molecule has 384 valence electrons. The summed E-state index contributed by atoms with van der Waals surface area (Å²) in [5, 5.41) is 31.0. The van der Waals surface area contributed by atoms with Gasteiger partial charge in [-0.15, -0.1) is 5.73 Å². The molecule has 1 rings (SSSR count). The van der Waals surface area contributed by atoms with Crippen molar-refractivity contribution in [2.75, 3.05) is 19.0 Å². The minimum atomic E-state index is -4.61. The van der Waals surface area contributed by atoms with Gasteiger partial charge in [0.2, 0.25) is 0 Å². The molecule has 12 nitrogen and oxygen atoms in total. The van der Waals surface area contributed by atoms with E-state index in [1.807, 2.05) is 0 Å². The Morgan fingerprint density at radius 3 is 1.50 bits per heavy atom. The lowest BCUT2D eigenvalue weighted by Gasteiger charge is -2.40. The van der Waals surface area contributed by atoms with E-state index in [0.717, 1.165) is 57.8 Å². The molecule has 66 heavy (non-hydrogen) atoms. The molecule has 1 fully saturated rings. The molecule has 1 heterocycles. The maximum atomic E-state index is 12.8. The smallest absolute Gasteiger partial charge is 0.306 e. The molecule has 0 aromatic carbocycles. The molecular formula is C53H94O12S. The summed E-state index contributed by atoms with van der Waals surface area (Å²) in [5.74, 6) is -2.06. The van der Waals surface area contributed by atoms with Gasteiger partial charge in [-0.25, -0.2) is 0 Å². The highest BCUT2D eigenvalue weighted by Crippen LogP contribution is 2.24. The molecule has 6 atom stereocenters. The molecule has 0 aliphatic carbocycles. The third-order valence-electron chi connectivity index (χ3n) is 11.9. The summed E-state index contributed by atoms with van der Waals surface area (Å²) in [6.45, 7) is 3.72. The molecule has 1 aliphatic heterocycles. The van der Waals surface area contributed by atoms with Gasteiger partial charge in [-0.1, -0.05) is 167 Å². The first kappa shape index (κ1) is 61.7. The monoisotopic (exact) mass is 955 g/mol. The van der Waals surface area contributed by atoms with Crippen LogP contribution in [-0.4, -0.2) is 96.0 Å². The van der Waals surface area contributed by atoms with Gasteiger partial charge in [0.1, 0.15) is 36.8 Å². The standard InChI is InChI=1S/C53H94O12S/c1-3-5-7-9-11-13-15-17-19-20-21-22-23-24-25-26-28-29-31-33-35-37-39-41-48(54)62-43-46(44-63-53-52(58)51(57)50(56)47(65-53)45-66(59,60)61)64-49(55)42-40-38-36-34-32-30-27-18-16-14-12-10-8-6-4-2/h16,26-28,33,35,46-47,50-53,56-58H,3-15,17,19-25,29-32,34,36-45H2,1-2H3,(H,59,60,61)/b28-26+,35-33+/t18?,46-,47-,50-,51?,52?,53+/m1/s1. The molecule has 1 aliphatic rings. The van der Waals surface area contributed by atoms with E-state index in [1.165, 1.54) is 122 Å². The number of carbonyl (C=O) groups is 2. The molecule has 13 heteroatoms. The summed E-state index contributed by atoms with van der Waals surface area (Å²) in [6.07, 6.45) is 39.8. The number of rotatable bonds is 44. The van der Waals surface area contributed by atoms with E-state index >= 15 is 0 Å². The van der Waals surface area contributed by atoms with E-state index in [4.69, 9.17) is 18.9 Å². The van der Waals surface area contributed by atoms with Crippen LogP contribution in [0.25, 0.3) is 0 Å². The first-order chi connectivity index (χ1) is 32.0. The summed E-state index contributed by atoms with van der Waals surface area (Å²) in [7, 11) is -4.61. The fraction of sp³-hybridized carbons (Fsp3) is 0.830. The lowest BCUT2D eigenvalue weighted by molar-refractivity contribution is -0.297. The molecule has 4 N–H and O–H groups in total. The fourth-order valence-electron chi connectivity index (χ4n) is 7.85. The van der Waals surface area contributed by atoms with Gasteiger partial charge in [0, 0.05) is 12.8 Å². The van der Waals surface area contributed by atoms with Crippen LogP contribution < -0.4 is 0 Å². The third-order valence-corrected chi connectivity index (χ3v) is 12.7. The van der Waals surface area contributed by atoms with Gasteiger partial charge in [0.15, 0.2) is 12.4 Å². The predicted molar refractivity (Wildman–Crippen MR) is 265 cm³/mol. The summed E-state index contributed by atoms with van der Waals surface area (Å²) < 4.78 is 54.2. The highest BCUT2D eigenvalue weighted by molar-refractivity contribution is 7.85. The Labute approximate surface area is 401 Å². The van der Waals surface area contributed by atoms with Gasteiger partial charge in [0.25, 0.3) is 10.1 Å². The molecule has 0 amide bonds. The van der Waals surface area contributed by atoms with E-state index in [9.17, 15) is 37.9 Å². The van der Waals surface area contributed by atoms with E-state index in [0.29, 0.717) is 19.3 Å². The van der Waals surface area contributed by atoms with Crippen molar-refractivity contribution in [1.82, 2.24) is 0 Å². The molecule has 0 saturated carbocycles. The van der Waals surface area contributed by atoms with Crippen LogP contribution in [0, 0.1) is 0 Å². The highest BCUT2D eigenvalue weighted by atomic mass is 32.2. The van der Waals surface area contributed by atoms with E-state index in [1.54, 1.807) is 0 Å². The molecule has 0 spiro atoms. The number of aliphatic hydroxyl groups excluding tert-OH is 3. The Bertz CT molecular complexity index is 1410. The van der Waals surface area contributed by atoms with Crippen LogP contribution in [0.3, 0.4) is 0 Å². The maximum absolute atomic E-state index is 12.8. The zero-order valence-corrected chi connectivity index (χ0v) is 42.2. The highest BCUT2D eigenvalue weighted by Gasteiger charge is 2.46. The first-order valence-corrected chi connectivity index (χ1v) is 27.9. The number of unbranched alkanes of at least 4 members (excludes halogenated alkanes) is 26. The number of esters is 2. The summed E-state index contributed by atoms with van der Waals surface area (Å²) in [5.41, 5.74) is 3.28. The lowest BCUT2D eigenvalue weighted by atomic mass is 10.00. The van der Waals surface area contributed by atoms with Crippen LogP contribution in [-0.2, 0) is 38.7 Å². The topological polar surface area (TPSA) is 186 Å². The second kappa shape index (κ2) is 42.7. The Morgan fingerprint density at radius 1 is 0.545 bits per heavy atom. The minimum absolute atomic E-state index is 0.136. The van der Waals surface area contributed by atoms with Gasteiger partial charge in [-0.05, 0) is 82.8 Å². The lowest BCUT2D eigenvalue weighted by Crippen LogP contribution is -2.60. The quantitative estimate of drug-likeness (QED) is 0.0149. The molecule has 0 bridgehead atoms. The minimum Gasteiger partial charge on any atom is -0.462 e. The molecular weight excluding hydrogens is 861 g/mol. The van der Waals surface area contributed by atoms with Crippen molar-refractivity contribution in [1.29, 1.82) is 0 Å². The van der Waals surface area contributed by atoms with E-state index < -0.39 is 71.2 Å². The average molecular weight is 955 g/mol. The van der Waals surface area contributed by atoms with Crippen molar-refractivity contribution in [2.45, 2.75) is 263 Å². The second-order valence-electron chi connectivity index (χ2n) is 18.3. The van der Waals surface area contributed by atoms with Crippen LogP contribution >= 0.6 is 0 Å². The summed E-state index contributed by atoms with van der Waals surface area (Å²) in [4.78, 5) is 25.5. The Balaban J connectivity index is 2.38. The number of aliphatic hydroxyl groups is 3. The molecule has 0 aromatic rings. The zero-order valence-electron chi connectivity index (χ0n) is 41.3. The number of hydrogen-bond donors (Lipinski definition) is 4. The van der Waals surface area contributed by atoms with Crippen molar-refractivity contribution >= 4 is 22.1 Å². The first-order valence-electron chi connectivity index (χ1n) is 26.3. The molecule has 0 radical (unpaired) electrons. The molecule has 2 unspecified atom stereocenters. The van der Waals surface area contributed by atoms with Gasteiger partial charge in [-0.2, -0.15) is 8.42 Å². The SMILES string of the molecule is CCCCCCCC=C=CCCCCCCCC(=O)O[C@H](COC(=O)CCC/C=C/CC/C=C/CCCCCCCCCCCCCCCC)CO[C@H]1O[C@H](CS(=O)(=O)O)[C@@H](O)C(O)C1O. The van der Waals surface area contributed by atoms with Crippen LogP contribution in [0.2, 0.25) is 0 Å². The largest absolute Gasteiger partial charge is 0.462 e. The van der Waals surface area contributed by atoms with E-state index in [-0.39, 0.29) is 19.4 Å². The Morgan fingerprint density at radius 2 is 0.985 bits per heavy atom. The van der Waals surface area contributed by atoms with Crippen molar-refractivity contribution in [3.05, 3.63) is 42.2 Å². The van der Waals surface area contributed by atoms with E-state index in [2.05, 4.69) is 56.0 Å². The summed E-state index contributed by atoms with van der Waals surface area (Å²) in [6, 6.07) is 0.